The predicted octanol–water partition coefficient (Wildman–Crippen LogP) is 0.457. The van der Waals surface area contributed by atoms with Crippen LogP contribution in [0.1, 0.15) is 13.8 Å². The lowest BCUT2D eigenvalue weighted by molar-refractivity contribution is -0.862. The topological polar surface area (TPSA) is 62.6 Å². The Labute approximate surface area is 128 Å². The van der Waals surface area contributed by atoms with Crippen LogP contribution >= 0.6 is 11.6 Å². The number of amides is 2. The molecule has 1 aromatic rings. The number of quaternary nitrogens is 1. The molecule has 0 aliphatic rings. The van der Waals surface area contributed by atoms with Crippen LogP contribution in [0, 0.1) is 5.82 Å². The third-order valence-electron chi connectivity index (χ3n) is 2.58. The monoisotopic (exact) mass is 316 g/mol. The summed E-state index contributed by atoms with van der Waals surface area (Å²) >= 11 is 5.75. The van der Waals surface area contributed by atoms with Crippen molar-refractivity contribution >= 4 is 29.1 Å². The van der Waals surface area contributed by atoms with Crippen LogP contribution in [-0.4, -0.2) is 38.0 Å². The Balaban J connectivity index is 2.49. The zero-order chi connectivity index (χ0) is 16.0. The highest BCUT2D eigenvalue weighted by molar-refractivity contribution is 6.30. The first-order valence-corrected chi connectivity index (χ1v) is 7.01. The maximum absolute atomic E-state index is 13.5. The lowest BCUT2D eigenvalue weighted by atomic mass is 10.3. The third-order valence-corrected chi connectivity index (χ3v) is 2.81. The lowest BCUT2D eigenvalue weighted by Gasteiger charge is -2.15. The van der Waals surface area contributed by atoms with Gasteiger partial charge < -0.3 is 15.5 Å². The van der Waals surface area contributed by atoms with Crippen molar-refractivity contribution in [2.75, 3.05) is 25.5 Å². The van der Waals surface area contributed by atoms with E-state index in [-0.39, 0.29) is 36.6 Å². The number of hydrogen-bond donors (Lipinski definition) is 3. The van der Waals surface area contributed by atoms with Crippen molar-refractivity contribution < 1.29 is 18.9 Å². The van der Waals surface area contributed by atoms with E-state index in [2.05, 4.69) is 10.6 Å². The number of anilines is 1. The standard InChI is InChI=1S/C14H19ClFN3O2/c1-9(2)17-13(20)7-19(3)8-14(21)18-12-6-10(15)4-5-11(12)16/h4-6,9H,7-8H2,1-3H3,(H,17,20)(H,18,21)/p+1. The van der Waals surface area contributed by atoms with E-state index < -0.39 is 5.82 Å². The molecule has 0 fully saturated rings. The Morgan fingerprint density at radius 3 is 2.52 bits per heavy atom. The fraction of sp³-hybridized carbons (Fsp3) is 0.429. The second-order valence-corrected chi connectivity index (χ2v) is 5.64. The van der Waals surface area contributed by atoms with Crippen LogP contribution in [0.3, 0.4) is 0 Å². The Morgan fingerprint density at radius 2 is 1.90 bits per heavy atom. The van der Waals surface area contributed by atoms with E-state index in [1.807, 2.05) is 13.8 Å². The van der Waals surface area contributed by atoms with Gasteiger partial charge in [0.05, 0.1) is 12.7 Å². The molecule has 0 saturated heterocycles. The predicted molar refractivity (Wildman–Crippen MR) is 79.9 cm³/mol. The van der Waals surface area contributed by atoms with Crippen LogP contribution in [0.25, 0.3) is 0 Å². The summed E-state index contributed by atoms with van der Waals surface area (Å²) in [7, 11) is 1.72. The summed E-state index contributed by atoms with van der Waals surface area (Å²) in [6, 6.07) is 3.99. The highest BCUT2D eigenvalue weighted by Crippen LogP contribution is 2.19. The smallest absolute Gasteiger partial charge is 0.279 e. The van der Waals surface area contributed by atoms with Crippen LogP contribution in [0.15, 0.2) is 18.2 Å². The number of halogens is 2. The minimum Gasteiger partial charge on any atom is -0.349 e. The Kier molecular flexibility index (Phi) is 6.58. The number of benzene rings is 1. The van der Waals surface area contributed by atoms with E-state index in [9.17, 15) is 14.0 Å². The molecule has 5 nitrogen and oxygen atoms in total. The van der Waals surface area contributed by atoms with Gasteiger partial charge in [0.25, 0.3) is 11.8 Å². The van der Waals surface area contributed by atoms with Crippen molar-refractivity contribution in [1.82, 2.24) is 5.32 Å². The molecule has 7 heteroatoms. The number of likely N-dealkylation sites (N-methyl/N-ethyl adjacent to an activating group) is 1. The van der Waals surface area contributed by atoms with Gasteiger partial charge in [-0.05, 0) is 32.0 Å². The first-order chi connectivity index (χ1) is 9.77. The van der Waals surface area contributed by atoms with Crippen LogP contribution in [0.2, 0.25) is 5.02 Å². The highest BCUT2D eigenvalue weighted by Gasteiger charge is 2.16. The normalized spacial score (nSPS) is 12.1. The van der Waals surface area contributed by atoms with E-state index in [0.717, 1.165) is 0 Å². The largest absolute Gasteiger partial charge is 0.349 e. The number of carbonyl (C=O) groups excluding carboxylic acids is 2. The van der Waals surface area contributed by atoms with Gasteiger partial charge in [-0.2, -0.15) is 0 Å². The molecule has 0 aliphatic carbocycles. The first kappa shape index (κ1) is 17.4. The van der Waals surface area contributed by atoms with E-state index >= 15 is 0 Å². The summed E-state index contributed by atoms with van der Waals surface area (Å²) in [6.45, 7) is 3.95. The SMILES string of the molecule is CC(C)NC(=O)C[NH+](C)CC(=O)Nc1cc(Cl)ccc1F. The molecule has 0 bridgehead atoms. The summed E-state index contributed by atoms with van der Waals surface area (Å²) in [5, 5.41) is 5.53. The highest BCUT2D eigenvalue weighted by atomic mass is 35.5. The second kappa shape index (κ2) is 7.95. The van der Waals surface area contributed by atoms with E-state index in [1.54, 1.807) is 7.05 Å². The maximum atomic E-state index is 13.5. The summed E-state index contributed by atoms with van der Waals surface area (Å²) in [4.78, 5) is 24.1. The molecule has 1 aromatic carbocycles. The second-order valence-electron chi connectivity index (χ2n) is 5.21. The van der Waals surface area contributed by atoms with Crippen molar-refractivity contribution in [2.45, 2.75) is 19.9 Å². The molecule has 1 unspecified atom stereocenters. The molecule has 0 aliphatic heterocycles. The average molecular weight is 317 g/mol. The molecule has 1 atom stereocenters. The van der Waals surface area contributed by atoms with Crippen molar-refractivity contribution in [3.63, 3.8) is 0 Å². The molecule has 0 aromatic heterocycles. The number of carbonyl (C=O) groups is 2. The van der Waals surface area contributed by atoms with Gasteiger partial charge in [0, 0.05) is 11.1 Å². The molecule has 116 valence electrons. The van der Waals surface area contributed by atoms with Crippen molar-refractivity contribution in [3.8, 4) is 0 Å². The van der Waals surface area contributed by atoms with Gasteiger partial charge in [-0.25, -0.2) is 4.39 Å². The van der Waals surface area contributed by atoms with Gasteiger partial charge in [0.2, 0.25) is 0 Å². The minimum absolute atomic E-state index is 0.0342. The van der Waals surface area contributed by atoms with Gasteiger partial charge in [-0.3, -0.25) is 9.59 Å². The fourth-order valence-electron chi connectivity index (χ4n) is 1.77. The number of rotatable bonds is 6. The van der Waals surface area contributed by atoms with Crippen molar-refractivity contribution in [2.24, 2.45) is 0 Å². The van der Waals surface area contributed by atoms with Gasteiger partial charge in [-0.1, -0.05) is 11.6 Å². The van der Waals surface area contributed by atoms with Gasteiger partial charge in [-0.15, -0.1) is 0 Å². The Morgan fingerprint density at radius 1 is 1.29 bits per heavy atom. The Hall–Kier alpha value is -1.66. The average Bonchev–Trinajstić information content (AvgIpc) is 2.32. The molecular formula is C14H20ClFN3O2+. The summed E-state index contributed by atoms with van der Waals surface area (Å²) in [5.41, 5.74) is 0.0342. The van der Waals surface area contributed by atoms with Gasteiger partial charge in [0.15, 0.2) is 13.1 Å². The molecule has 2 amide bonds. The molecule has 21 heavy (non-hydrogen) atoms. The third kappa shape index (κ3) is 6.55. The quantitative estimate of drug-likeness (QED) is 0.714. The van der Waals surface area contributed by atoms with Gasteiger partial charge >= 0.3 is 0 Å². The molecular weight excluding hydrogens is 297 g/mol. The molecule has 0 saturated carbocycles. The zero-order valence-corrected chi connectivity index (χ0v) is 13.1. The lowest BCUT2D eigenvalue weighted by Crippen LogP contribution is -3.11. The summed E-state index contributed by atoms with van der Waals surface area (Å²) in [5.74, 6) is -1.07. The van der Waals surface area contributed by atoms with E-state index in [1.165, 1.54) is 18.2 Å². The van der Waals surface area contributed by atoms with Crippen LogP contribution in [0.5, 0.6) is 0 Å². The number of hydrogen-bond acceptors (Lipinski definition) is 2. The molecule has 1 rings (SSSR count). The summed E-state index contributed by atoms with van der Waals surface area (Å²) < 4.78 is 13.5. The van der Waals surface area contributed by atoms with Crippen molar-refractivity contribution in [3.05, 3.63) is 29.0 Å². The Bertz CT molecular complexity index is 523. The van der Waals surface area contributed by atoms with Crippen LogP contribution < -0.4 is 15.5 Å². The number of nitrogens with one attached hydrogen (secondary N) is 3. The van der Waals surface area contributed by atoms with Gasteiger partial charge in [0.1, 0.15) is 5.82 Å². The molecule has 3 N–H and O–H groups in total. The fourth-order valence-corrected chi connectivity index (χ4v) is 1.94. The molecule has 0 spiro atoms. The first-order valence-electron chi connectivity index (χ1n) is 6.63. The van der Waals surface area contributed by atoms with Crippen molar-refractivity contribution in [1.29, 1.82) is 0 Å². The minimum atomic E-state index is -0.553. The van der Waals surface area contributed by atoms with E-state index in [0.29, 0.717) is 9.92 Å². The molecule has 0 heterocycles. The maximum Gasteiger partial charge on any atom is 0.279 e. The molecule has 0 radical (unpaired) electrons. The zero-order valence-electron chi connectivity index (χ0n) is 12.3. The van der Waals surface area contributed by atoms with E-state index in [4.69, 9.17) is 11.6 Å². The summed E-state index contributed by atoms with van der Waals surface area (Å²) in [6.07, 6.45) is 0. The van der Waals surface area contributed by atoms with Crippen LogP contribution in [0.4, 0.5) is 10.1 Å². The van der Waals surface area contributed by atoms with Crippen LogP contribution in [-0.2, 0) is 9.59 Å².